The second-order valence-corrected chi connectivity index (χ2v) is 6.66. The first-order valence-corrected chi connectivity index (χ1v) is 7.49. The summed E-state index contributed by atoms with van der Waals surface area (Å²) >= 11 is 5.83. The minimum absolute atomic E-state index is 0.0575. The smallest absolute Gasteiger partial charge is 0.240 e. The largest absolute Gasteiger partial charge is 0.308 e. The van der Waals surface area contributed by atoms with E-state index in [4.69, 9.17) is 16.9 Å². The lowest BCUT2D eigenvalue weighted by molar-refractivity contribution is 0.370. The molecule has 104 valence electrons. The molecule has 1 rings (SSSR count). The van der Waals surface area contributed by atoms with E-state index in [1.165, 1.54) is 18.2 Å². The molecule has 0 amide bonds. The van der Waals surface area contributed by atoms with Crippen molar-refractivity contribution in [2.45, 2.75) is 17.9 Å². The van der Waals surface area contributed by atoms with Crippen LogP contribution in [0.25, 0.3) is 0 Å². The van der Waals surface area contributed by atoms with Crippen LogP contribution in [0.15, 0.2) is 23.1 Å². The van der Waals surface area contributed by atoms with Crippen LogP contribution < -0.4 is 4.72 Å². The number of rotatable bonds is 5. The molecule has 19 heavy (non-hydrogen) atoms. The van der Waals surface area contributed by atoms with Gasteiger partial charge in [0.2, 0.25) is 10.0 Å². The Kier molecular flexibility index (Phi) is 5.32. The normalized spacial score (nSPS) is 13.3. The standard InChI is InChI=1S/C12H16ClN3O2S/c1-9(8-16(2)3)15-19(17,18)11-5-4-10(7-14)12(13)6-11/h4-6,9,15H,8H2,1-3H3. The third kappa shape index (κ3) is 4.48. The number of sulfonamides is 1. The van der Waals surface area contributed by atoms with Crippen LogP contribution in [-0.4, -0.2) is 40.0 Å². The monoisotopic (exact) mass is 301 g/mol. The number of nitrogens with zero attached hydrogens (tertiary/aromatic N) is 2. The van der Waals surface area contributed by atoms with Crippen LogP contribution in [0.5, 0.6) is 0 Å². The van der Waals surface area contributed by atoms with Crippen molar-refractivity contribution in [3.63, 3.8) is 0 Å². The van der Waals surface area contributed by atoms with Gasteiger partial charge in [0.25, 0.3) is 0 Å². The molecule has 0 saturated heterocycles. The topological polar surface area (TPSA) is 73.2 Å². The maximum absolute atomic E-state index is 12.1. The molecule has 0 aliphatic carbocycles. The van der Waals surface area contributed by atoms with Gasteiger partial charge in [0.05, 0.1) is 15.5 Å². The van der Waals surface area contributed by atoms with E-state index < -0.39 is 10.0 Å². The van der Waals surface area contributed by atoms with E-state index >= 15 is 0 Å². The van der Waals surface area contributed by atoms with Crippen molar-refractivity contribution < 1.29 is 8.42 Å². The Hall–Kier alpha value is -1.13. The summed E-state index contributed by atoms with van der Waals surface area (Å²) < 4.78 is 26.8. The summed E-state index contributed by atoms with van der Waals surface area (Å²) in [6, 6.07) is 5.71. The lowest BCUT2D eigenvalue weighted by Crippen LogP contribution is -2.39. The van der Waals surface area contributed by atoms with Crippen LogP contribution in [0, 0.1) is 11.3 Å². The number of nitrogens with one attached hydrogen (secondary N) is 1. The molecule has 0 aliphatic rings. The van der Waals surface area contributed by atoms with Gasteiger partial charge in [-0.05, 0) is 39.2 Å². The van der Waals surface area contributed by atoms with Crippen LogP contribution >= 0.6 is 11.6 Å². The Bertz CT molecular complexity index is 593. The summed E-state index contributed by atoms with van der Waals surface area (Å²) in [5.74, 6) is 0. The number of likely N-dealkylation sites (N-methyl/N-ethyl adjacent to an activating group) is 1. The second kappa shape index (κ2) is 6.35. The van der Waals surface area contributed by atoms with Crippen molar-refractivity contribution in [2.75, 3.05) is 20.6 Å². The third-order valence-electron chi connectivity index (χ3n) is 2.37. The number of halogens is 1. The van der Waals surface area contributed by atoms with E-state index in [0.717, 1.165) is 0 Å². The average Bonchev–Trinajstić information content (AvgIpc) is 2.26. The molecule has 7 heteroatoms. The minimum atomic E-state index is -3.62. The van der Waals surface area contributed by atoms with E-state index in [2.05, 4.69) is 4.72 Å². The Morgan fingerprint density at radius 2 is 2.11 bits per heavy atom. The van der Waals surface area contributed by atoms with Gasteiger partial charge in [0.15, 0.2) is 0 Å². The molecule has 0 aromatic heterocycles. The zero-order valence-corrected chi connectivity index (χ0v) is 12.6. The lowest BCUT2D eigenvalue weighted by atomic mass is 10.2. The molecule has 0 aliphatic heterocycles. The van der Waals surface area contributed by atoms with Gasteiger partial charge in [0.1, 0.15) is 6.07 Å². The predicted octanol–water partition coefficient (Wildman–Crippen LogP) is 1.44. The Balaban J connectivity index is 2.95. The van der Waals surface area contributed by atoms with Crippen LogP contribution in [0.3, 0.4) is 0 Å². The first-order valence-electron chi connectivity index (χ1n) is 5.63. The maximum Gasteiger partial charge on any atom is 0.240 e. The van der Waals surface area contributed by atoms with Crippen LogP contribution in [-0.2, 0) is 10.0 Å². The molecule has 1 aromatic rings. The van der Waals surface area contributed by atoms with E-state index in [-0.39, 0.29) is 21.5 Å². The van der Waals surface area contributed by atoms with Crippen molar-refractivity contribution in [1.82, 2.24) is 9.62 Å². The van der Waals surface area contributed by atoms with Gasteiger partial charge in [-0.3, -0.25) is 0 Å². The lowest BCUT2D eigenvalue weighted by Gasteiger charge is -2.18. The fourth-order valence-electron chi connectivity index (χ4n) is 1.67. The second-order valence-electron chi connectivity index (χ2n) is 4.54. The molecule has 0 fully saturated rings. The summed E-state index contributed by atoms with van der Waals surface area (Å²) in [4.78, 5) is 1.95. The minimum Gasteiger partial charge on any atom is -0.308 e. The molecule has 1 atom stereocenters. The number of nitriles is 1. The molecular weight excluding hydrogens is 286 g/mol. The summed E-state index contributed by atoms with van der Waals surface area (Å²) in [7, 11) is 0.106. The third-order valence-corrected chi connectivity index (χ3v) is 4.27. The van der Waals surface area contributed by atoms with Crippen LogP contribution in [0.4, 0.5) is 0 Å². The van der Waals surface area contributed by atoms with Gasteiger partial charge in [-0.2, -0.15) is 5.26 Å². The Labute approximate surface area is 118 Å². The van der Waals surface area contributed by atoms with Gasteiger partial charge in [-0.1, -0.05) is 11.6 Å². The van der Waals surface area contributed by atoms with Gasteiger partial charge in [0, 0.05) is 12.6 Å². The van der Waals surface area contributed by atoms with Crippen molar-refractivity contribution in [3.8, 4) is 6.07 Å². The zero-order chi connectivity index (χ0) is 14.6. The number of benzene rings is 1. The van der Waals surface area contributed by atoms with Crippen molar-refractivity contribution in [3.05, 3.63) is 28.8 Å². The molecule has 1 N–H and O–H groups in total. The highest BCUT2D eigenvalue weighted by Crippen LogP contribution is 2.20. The molecule has 0 heterocycles. The van der Waals surface area contributed by atoms with E-state index in [1.54, 1.807) is 6.92 Å². The fraction of sp³-hybridized carbons (Fsp3) is 0.417. The first-order chi connectivity index (χ1) is 8.76. The van der Waals surface area contributed by atoms with Crippen LogP contribution in [0.2, 0.25) is 5.02 Å². The molecule has 0 radical (unpaired) electrons. The summed E-state index contributed by atoms with van der Waals surface area (Å²) in [5, 5.41) is 8.88. The van der Waals surface area contributed by atoms with Crippen molar-refractivity contribution >= 4 is 21.6 Å². The fourth-order valence-corrected chi connectivity index (χ4v) is 3.22. The van der Waals surface area contributed by atoms with Gasteiger partial charge in [-0.25, -0.2) is 13.1 Å². The average molecular weight is 302 g/mol. The molecule has 5 nitrogen and oxygen atoms in total. The van der Waals surface area contributed by atoms with Crippen molar-refractivity contribution in [2.24, 2.45) is 0 Å². The molecule has 0 spiro atoms. The van der Waals surface area contributed by atoms with E-state index in [1.807, 2.05) is 25.1 Å². The quantitative estimate of drug-likeness (QED) is 0.893. The molecule has 1 aromatic carbocycles. The highest BCUT2D eigenvalue weighted by atomic mass is 35.5. The predicted molar refractivity (Wildman–Crippen MR) is 74.5 cm³/mol. The first kappa shape index (κ1) is 15.9. The zero-order valence-electron chi connectivity index (χ0n) is 11.0. The van der Waals surface area contributed by atoms with Gasteiger partial charge < -0.3 is 4.90 Å². The van der Waals surface area contributed by atoms with Crippen molar-refractivity contribution in [1.29, 1.82) is 5.26 Å². The molecular formula is C12H16ClN3O2S. The summed E-state index contributed by atoms with van der Waals surface area (Å²) in [5.41, 5.74) is 0.252. The highest BCUT2D eigenvalue weighted by molar-refractivity contribution is 7.89. The van der Waals surface area contributed by atoms with E-state index in [9.17, 15) is 8.42 Å². The highest BCUT2D eigenvalue weighted by Gasteiger charge is 2.18. The molecule has 1 unspecified atom stereocenters. The van der Waals surface area contributed by atoms with Crippen LogP contribution in [0.1, 0.15) is 12.5 Å². The Morgan fingerprint density at radius 3 is 2.58 bits per heavy atom. The Morgan fingerprint density at radius 1 is 1.47 bits per heavy atom. The molecule has 0 saturated carbocycles. The van der Waals surface area contributed by atoms with E-state index in [0.29, 0.717) is 6.54 Å². The number of hydrogen-bond donors (Lipinski definition) is 1. The SMILES string of the molecule is CC(CN(C)C)NS(=O)(=O)c1ccc(C#N)c(Cl)c1. The maximum atomic E-state index is 12.1. The summed E-state index contributed by atoms with van der Waals surface area (Å²) in [6.45, 7) is 2.37. The summed E-state index contributed by atoms with van der Waals surface area (Å²) in [6.07, 6.45) is 0. The molecule has 0 bridgehead atoms. The van der Waals surface area contributed by atoms with Gasteiger partial charge in [-0.15, -0.1) is 0 Å². The number of hydrogen-bond acceptors (Lipinski definition) is 4. The van der Waals surface area contributed by atoms with Gasteiger partial charge >= 0.3 is 0 Å².